The molecule has 16 heavy (non-hydrogen) atoms. The molecule has 0 unspecified atom stereocenters. The fraction of sp³-hybridized carbons (Fsp3) is 0.222. The third-order valence-corrected chi connectivity index (χ3v) is 4.25. The first-order chi connectivity index (χ1) is 7.38. The Labute approximate surface area is 101 Å². The van der Waals surface area contributed by atoms with Crippen molar-refractivity contribution in [3.8, 4) is 6.07 Å². The van der Waals surface area contributed by atoms with Crippen LogP contribution >= 0.6 is 15.9 Å². The summed E-state index contributed by atoms with van der Waals surface area (Å²) in [5, 5.41) is 8.50. The van der Waals surface area contributed by atoms with Crippen molar-refractivity contribution in [3.05, 3.63) is 28.5 Å². The maximum absolute atomic E-state index is 13.4. The lowest BCUT2D eigenvalue weighted by molar-refractivity contribution is 0.552. The first kappa shape index (κ1) is 13.1. The molecule has 1 rings (SSSR count). The van der Waals surface area contributed by atoms with Crippen LogP contribution in [0.3, 0.4) is 0 Å². The molecule has 1 atom stereocenters. The summed E-state index contributed by atoms with van der Waals surface area (Å²) in [7, 11) is -4.03. The molecule has 0 aliphatic heterocycles. The van der Waals surface area contributed by atoms with E-state index in [0.717, 1.165) is 6.07 Å². The summed E-state index contributed by atoms with van der Waals surface area (Å²) in [6.07, 6.45) is 0. The molecule has 1 aromatic rings. The minimum atomic E-state index is -4.03. The van der Waals surface area contributed by atoms with Crippen LogP contribution in [0.2, 0.25) is 0 Å². The van der Waals surface area contributed by atoms with Gasteiger partial charge in [0, 0.05) is 4.47 Å². The molecule has 0 aliphatic carbocycles. The smallest absolute Gasteiger partial charge is 0.207 e. The highest BCUT2D eigenvalue weighted by atomic mass is 79.9. The van der Waals surface area contributed by atoms with Gasteiger partial charge in [0.15, 0.2) is 0 Å². The lowest BCUT2D eigenvalue weighted by Gasteiger charge is -2.10. The summed E-state index contributed by atoms with van der Waals surface area (Å²) < 4.78 is 39.0. The second-order valence-corrected chi connectivity index (χ2v) is 5.53. The number of hydrogen-bond donors (Lipinski definition) is 1. The van der Waals surface area contributed by atoms with E-state index in [9.17, 15) is 12.8 Å². The van der Waals surface area contributed by atoms with Gasteiger partial charge in [-0.15, -0.1) is 0 Å². The summed E-state index contributed by atoms with van der Waals surface area (Å²) in [5.74, 6) is -0.869. The third-order valence-electron chi connectivity index (χ3n) is 1.71. The minimum Gasteiger partial charge on any atom is -0.207 e. The van der Waals surface area contributed by atoms with Crippen LogP contribution in [-0.4, -0.2) is 14.5 Å². The van der Waals surface area contributed by atoms with Crippen molar-refractivity contribution < 1.29 is 12.8 Å². The maximum Gasteiger partial charge on any atom is 0.245 e. The average Bonchev–Trinajstić information content (AvgIpc) is 2.16. The highest BCUT2D eigenvalue weighted by Crippen LogP contribution is 2.24. The van der Waals surface area contributed by atoms with E-state index in [1.165, 1.54) is 19.1 Å². The molecule has 1 N–H and O–H groups in total. The largest absolute Gasteiger partial charge is 0.245 e. The van der Waals surface area contributed by atoms with Gasteiger partial charge < -0.3 is 0 Å². The van der Waals surface area contributed by atoms with E-state index in [2.05, 4.69) is 15.9 Å². The Morgan fingerprint density at radius 1 is 1.56 bits per heavy atom. The summed E-state index contributed by atoms with van der Waals surface area (Å²) in [5.41, 5.74) is 0. The van der Waals surface area contributed by atoms with Gasteiger partial charge >= 0.3 is 0 Å². The lowest BCUT2D eigenvalue weighted by Crippen LogP contribution is -2.32. The highest BCUT2D eigenvalue weighted by molar-refractivity contribution is 9.10. The topological polar surface area (TPSA) is 70.0 Å². The molecule has 7 heteroatoms. The van der Waals surface area contributed by atoms with Crippen LogP contribution in [-0.2, 0) is 10.0 Å². The summed E-state index contributed by atoms with van der Waals surface area (Å²) in [6, 6.07) is 4.61. The van der Waals surface area contributed by atoms with E-state index in [1.54, 1.807) is 6.07 Å². The Morgan fingerprint density at radius 3 is 2.69 bits per heavy atom. The molecule has 0 saturated heterocycles. The number of hydrogen-bond acceptors (Lipinski definition) is 3. The molecule has 0 bridgehead atoms. The van der Waals surface area contributed by atoms with Crippen LogP contribution in [0.25, 0.3) is 0 Å². The van der Waals surface area contributed by atoms with Crippen molar-refractivity contribution in [2.75, 3.05) is 0 Å². The molecule has 4 nitrogen and oxygen atoms in total. The molecule has 0 aliphatic rings. The monoisotopic (exact) mass is 306 g/mol. The van der Waals surface area contributed by atoms with Gasteiger partial charge in [-0.2, -0.15) is 9.98 Å². The molecular weight excluding hydrogens is 299 g/mol. The van der Waals surface area contributed by atoms with Crippen LogP contribution < -0.4 is 4.72 Å². The van der Waals surface area contributed by atoms with Crippen molar-refractivity contribution in [1.82, 2.24) is 4.72 Å². The number of rotatable bonds is 3. The van der Waals surface area contributed by atoms with Gasteiger partial charge in [-0.1, -0.05) is 6.07 Å². The molecule has 0 amide bonds. The summed E-state index contributed by atoms with van der Waals surface area (Å²) >= 11 is 2.95. The summed E-state index contributed by atoms with van der Waals surface area (Å²) in [6.45, 7) is 1.37. The number of halogens is 2. The van der Waals surface area contributed by atoms with Crippen LogP contribution in [0.1, 0.15) is 6.92 Å². The number of nitrogens with one attached hydrogen (secondary N) is 1. The molecule has 0 radical (unpaired) electrons. The lowest BCUT2D eigenvalue weighted by atomic mass is 10.3. The van der Waals surface area contributed by atoms with Crippen molar-refractivity contribution in [2.45, 2.75) is 17.9 Å². The molecule has 0 heterocycles. The van der Waals surface area contributed by atoms with Crippen LogP contribution in [0, 0.1) is 17.1 Å². The SMILES string of the molecule is C[C@H](C#N)NS(=O)(=O)c1c(F)cccc1Br. The van der Waals surface area contributed by atoms with Gasteiger partial charge in [-0.3, -0.25) is 0 Å². The zero-order valence-corrected chi connectivity index (χ0v) is 10.6. The van der Waals surface area contributed by atoms with Crippen LogP contribution in [0.5, 0.6) is 0 Å². The Balaban J connectivity index is 3.24. The van der Waals surface area contributed by atoms with E-state index in [1.807, 2.05) is 4.72 Å². The Morgan fingerprint density at radius 2 is 2.19 bits per heavy atom. The number of nitriles is 1. The van der Waals surface area contributed by atoms with Crippen molar-refractivity contribution in [3.63, 3.8) is 0 Å². The molecule has 1 aromatic carbocycles. The Bertz CT molecular complexity index is 519. The van der Waals surface area contributed by atoms with Gasteiger partial charge in [0.1, 0.15) is 16.8 Å². The van der Waals surface area contributed by atoms with Crippen molar-refractivity contribution >= 4 is 26.0 Å². The molecular formula is C9H8BrFN2O2S. The van der Waals surface area contributed by atoms with Gasteiger partial charge in [-0.05, 0) is 35.0 Å². The van der Waals surface area contributed by atoms with Crippen molar-refractivity contribution in [2.24, 2.45) is 0 Å². The predicted octanol–water partition coefficient (Wildman–Crippen LogP) is 1.78. The molecule has 0 aromatic heterocycles. The minimum absolute atomic E-state index is 0.116. The van der Waals surface area contributed by atoms with E-state index < -0.39 is 26.8 Å². The number of nitrogens with zero attached hydrogens (tertiary/aromatic N) is 1. The zero-order chi connectivity index (χ0) is 12.3. The van der Waals surface area contributed by atoms with Gasteiger partial charge in [-0.25, -0.2) is 12.8 Å². The quantitative estimate of drug-likeness (QED) is 0.925. The molecule has 0 spiro atoms. The second-order valence-electron chi connectivity index (χ2n) is 3.02. The van der Waals surface area contributed by atoms with E-state index >= 15 is 0 Å². The molecule has 0 fully saturated rings. The fourth-order valence-corrected chi connectivity index (χ4v) is 3.32. The average molecular weight is 307 g/mol. The molecule has 86 valence electrons. The van der Waals surface area contributed by atoms with Gasteiger partial charge in [0.25, 0.3) is 0 Å². The maximum atomic E-state index is 13.4. The van der Waals surface area contributed by atoms with E-state index in [4.69, 9.17) is 5.26 Å². The first-order valence-electron chi connectivity index (χ1n) is 4.24. The predicted molar refractivity (Wildman–Crippen MR) is 59.5 cm³/mol. The Hall–Kier alpha value is -0.970. The van der Waals surface area contributed by atoms with Crippen molar-refractivity contribution in [1.29, 1.82) is 5.26 Å². The third kappa shape index (κ3) is 2.78. The van der Waals surface area contributed by atoms with Crippen LogP contribution in [0.4, 0.5) is 4.39 Å². The standard InChI is InChI=1S/C9H8BrFN2O2S/c1-6(5-12)13-16(14,15)9-7(10)3-2-4-8(9)11/h2-4,6,13H,1H3/t6-/m1/s1. The normalized spacial score (nSPS) is 13.1. The summed E-state index contributed by atoms with van der Waals surface area (Å²) in [4.78, 5) is -0.489. The first-order valence-corrected chi connectivity index (χ1v) is 6.52. The number of sulfonamides is 1. The molecule has 0 saturated carbocycles. The van der Waals surface area contributed by atoms with E-state index in [-0.39, 0.29) is 4.47 Å². The second kappa shape index (κ2) is 4.91. The van der Waals surface area contributed by atoms with Gasteiger partial charge in [0.05, 0.1) is 6.07 Å². The van der Waals surface area contributed by atoms with Crippen LogP contribution in [0.15, 0.2) is 27.6 Å². The number of benzene rings is 1. The Kier molecular flexibility index (Phi) is 4.02. The fourth-order valence-electron chi connectivity index (χ4n) is 1.06. The van der Waals surface area contributed by atoms with Gasteiger partial charge in [0.2, 0.25) is 10.0 Å². The zero-order valence-electron chi connectivity index (χ0n) is 8.24. The van der Waals surface area contributed by atoms with E-state index in [0.29, 0.717) is 0 Å². The highest BCUT2D eigenvalue weighted by Gasteiger charge is 2.23.